The second-order valence-electron chi connectivity index (χ2n) is 5.54. The van der Waals surface area contributed by atoms with Crippen LogP contribution in [0.3, 0.4) is 0 Å². The molecular formula is C16H16N4O2S. The highest BCUT2D eigenvalue weighted by Gasteiger charge is 2.32. The average Bonchev–Trinajstić information content (AvgIpc) is 3.32. The van der Waals surface area contributed by atoms with Crippen LogP contribution in [0.15, 0.2) is 40.8 Å². The largest absolute Gasteiger partial charge is 0.472 e. The van der Waals surface area contributed by atoms with Crippen molar-refractivity contribution in [3.63, 3.8) is 0 Å². The molecule has 0 aliphatic carbocycles. The summed E-state index contributed by atoms with van der Waals surface area (Å²) in [5, 5.41) is 6.01. The fourth-order valence-electron chi connectivity index (χ4n) is 3.00. The van der Waals surface area contributed by atoms with E-state index in [1.807, 2.05) is 17.5 Å². The Bertz CT molecular complexity index is 814. The lowest BCUT2D eigenvalue weighted by atomic mass is 10.2. The second-order valence-corrected chi connectivity index (χ2v) is 6.43. The first-order chi connectivity index (χ1) is 11.3. The summed E-state index contributed by atoms with van der Waals surface area (Å²) >= 11 is 1.59. The number of fused-ring (bicyclic) bond motifs is 1. The van der Waals surface area contributed by atoms with Crippen LogP contribution < -0.4 is 10.2 Å². The van der Waals surface area contributed by atoms with Gasteiger partial charge in [-0.3, -0.25) is 4.79 Å². The monoisotopic (exact) mass is 328 g/mol. The molecule has 1 atom stereocenters. The molecule has 6 nitrogen and oxygen atoms in total. The first kappa shape index (κ1) is 14.2. The van der Waals surface area contributed by atoms with Gasteiger partial charge in [-0.05, 0) is 30.4 Å². The summed E-state index contributed by atoms with van der Waals surface area (Å²) < 4.78 is 5.02. The SMILES string of the molecule is O=C(NCc1ccoc1)[C@H]1CCCN1c1ncnc2sccc12. The van der Waals surface area contributed by atoms with Crippen LogP contribution in [0, 0.1) is 0 Å². The topological polar surface area (TPSA) is 71.3 Å². The highest BCUT2D eigenvalue weighted by Crippen LogP contribution is 2.31. The molecule has 118 valence electrons. The minimum absolute atomic E-state index is 0.0330. The molecule has 1 N–H and O–H groups in total. The molecule has 0 spiro atoms. The van der Waals surface area contributed by atoms with Gasteiger partial charge in [0.05, 0.1) is 17.9 Å². The maximum absolute atomic E-state index is 12.6. The molecule has 0 bridgehead atoms. The van der Waals surface area contributed by atoms with Crippen molar-refractivity contribution in [3.05, 3.63) is 41.9 Å². The molecule has 0 radical (unpaired) electrons. The molecular weight excluding hydrogens is 312 g/mol. The van der Waals surface area contributed by atoms with Crippen LogP contribution >= 0.6 is 11.3 Å². The Labute approximate surface area is 137 Å². The van der Waals surface area contributed by atoms with Crippen molar-refractivity contribution in [1.29, 1.82) is 0 Å². The van der Waals surface area contributed by atoms with Crippen LogP contribution in [0.2, 0.25) is 0 Å². The van der Waals surface area contributed by atoms with Crippen LogP contribution in [-0.4, -0.2) is 28.5 Å². The fourth-order valence-corrected chi connectivity index (χ4v) is 3.73. The number of hydrogen-bond donors (Lipinski definition) is 1. The van der Waals surface area contributed by atoms with Crippen molar-refractivity contribution in [1.82, 2.24) is 15.3 Å². The van der Waals surface area contributed by atoms with Crippen molar-refractivity contribution in [2.75, 3.05) is 11.4 Å². The Balaban J connectivity index is 1.54. The molecule has 7 heteroatoms. The zero-order chi connectivity index (χ0) is 15.6. The number of nitrogens with one attached hydrogen (secondary N) is 1. The first-order valence-corrected chi connectivity index (χ1v) is 8.44. The van der Waals surface area contributed by atoms with Gasteiger partial charge >= 0.3 is 0 Å². The number of anilines is 1. The molecule has 4 rings (SSSR count). The van der Waals surface area contributed by atoms with Crippen LogP contribution in [0.4, 0.5) is 5.82 Å². The zero-order valence-electron chi connectivity index (χ0n) is 12.4. The first-order valence-electron chi connectivity index (χ1n) is 7.56. The Hall–Kier alpha value is -2.41. The van der Waals surface area contributed by atoms with E-state index in [1.165, 1.54) is 0 Å². The van der Waals surface area contributed by atoms with E-state index in [-0.39, 0.29) is 11.9 Å². The average molecular weight is 328 g/mol. The van der Waals surface area contributed by atoms with E-state index in [0.717, 1.165) is 41.0 Å². The summed E-state index contributed by atoms with van der Waals surface area (Å²) in [4.78, 5) is 24.3. The maximum atomic E-state index is 12.6. The molecule has 3 aromatic rings. The summed E-state index contributed by atoms with van der Waals surface area (Å²) in [5.41, 5.74) is 0.963. The number of hydrogen-bond acceptors (Lipinski definition) is 6. The number of aromatic nitrogens is 2. The molecule has 1 amide bonds. The Morgan fingerprint density at radius 1 is 1.43 bits per heavy atom. The number of furan rings is 1. The highest BCUT2D eigenvalue weighted by molar-refractivity contribution is 7.16. The molecule has 0 unspecified atom stereocenters. The van der Waals surface area contributed by atoms with Gasteiger partial charge in [-0.1, -0.05) is 0 Å². The number of amides is 1. The van der Waals surface area contributed by atoms with E-state index in [4.69, 9.17) is 4.42 Å². The molecule has 0 aromatic carbocycles. The van der Waals surface area contributed by atoms with Gasteiger partial charge in [-0.15, -0.1) is 11.3 Å². The van der Waals surface area contributed by atoms with Crippen molar-refractivity contribution < 1.29 is 9.21 Å². The third-order valence-electron chi connectivity index (χ3n) is 4.12. The predicted molar refractivity (Wildman–Crippen MR) is 88.3 cm³/mol. The van der Waals surface area contributed by atoms with E-state index >= 15 is 0 Å². The quantitative estimate of drug-likeness (QED) is 0.797. The van der Waals surface area contributed by atoms with E-state index in [0.29, 0.717) is 6.54 Å². The molecule has 1 fully saturated rings. The number of nitrogens with zero attached hydrogens (tertiary/aromatic N) is 3. The standard InChI is InChI=1S/C16H16N4O2S/c21-15(17-8-11-3-6-22-9-11)13-2-1-5-20(13)14-12-4-7-23-16(12)19-10-18-14/h3-4,6-7,9-10,13H,1-2,5,8H2,(H,17,21)/t13-/m1/s1. The normalized spacial score (nSPS) is 17.7. The summed E-state index contributed by atoms with van der Waals surface area (Å²) in [5.74, 6) is 0.892. The van der Waals surface area contributed by atoms with Crippen molar-refractivity contribution in [2.45, 2.75) is 25.4 Å². The van der Waals surface area contributed by atoms with Gasteiger partial charge in [0.15, 0.2) is 0 Å². The lowest BCUT2D eigenvalue weighted by Gasteiger charge is -2.25. The van der Waals surface area contributed by atoms with Gasteiger partial charge < -0.3 is 14.6 Å². The van der Waals surface area contributed by atoms with E-state index in [2.05, 4.69) is 20.2 Å². The zero-order valence-corrected chi connectivity index (χ0v) is 13.3. The minimum atomic E-state index is -0.181. The van der Waals surface area contributed by atoms with Crippen molar-refractivity contribution in [2.24, 2.45) is 0 Å². The predicted octanol–water partition coefficient (Wildman–Crippen LogP) is 2.57. The van der Waals surface area contributed by atoms with Gasteiger partial charge in [-0.2, -0.15) is 0 Å². The third kappa shape index (κ3) is 2.68. The summed E-state index contributed by atoms with van der Waals surface area (Å²) in [7, 11) is 0. The number of carbonyl (C=O) groups is 1. The Kier molecular flexibility index (Phi) is 3.70. The van der Waals surface area contributed by atoms with Crippen LogP contribution in [0.5, 0.6) is 0 Å². The second kappa shape index (κ2) is 6.00. The third-order valence-corrected chi connectivity index (χ3v) is 4.94. The van der Waals surface area contributed by atoms with Gasteiger partial charge in [0.25, 0.3) is 0 Å². The van der Waals surface area contributed by atoms with E-state index < -0.39 is 0 Å². The van der Waals surface area contributed by atoms with E-state index in [1.54, 1.807) is 30.2 Å². The fraction of sp³-hybridized carbons (Fsp3) is 0.312. The minimum Gasteiger partial charge on any atom is -0.472 e. The number of carbonyl (C=O) groups excluding carboxylic acids is 1. The van der Waals surface area contributed by atoms with E-state index in [9.17, 15) is 4.79 Å². The highest BCUT2D eigenvalue weighted by atomic mass is 32.1. The number of thiophene rings is 1. The molecule has 1 aliphatic heterocycles. The van der Waals surface area contributed by atoms with Crippen molar-refractivity contribution >= 4 is 33.3 Å². The number of rotatable bonds is 4. The van der Waals surface area contributed by atoms with Gasteiger partial charge in [0, 0.05) is 18.7 Å². The summed E-state index contributed by atoms with van der Waals surface area (Å²) in [6, 6.07) is 3.69. The smallest absolute Gasteiger partial charge is 0.243 e. The Morgan fingerprint density at radius 3 is 3.26 bits per heavy atom. The molecule has 1 aliphatic rings. The molecule has 0 saturated carbocycles. The summed E-state index contributed by atoms with van der Waals surface area (Å²) in [6.07, 6.45) is 6.66. The van der Waals surface area contributed by atoms with Gasteiger partial charge in [0.2, 0.25) is 5.91 Å². The molecule has 1 saturated heterocycles. The Morgan fingerprint density at radius 2 is 2.39 bits per heavy atom. The van der Waals surface area contributed by atoms with Crippen LogP contribution in [0.25, 0.3) is 10.2 Å². The van der Waals surface area contributed by atoms with Gasteiger partial charge in [0.1, 0.15) is 23.0 Å². The lowest BCUT2D eigenvalue weighted by molar-refractivity contribution is -0.122. The van der Waals surface area contributed by atoms with Crippen LogP contribution in [-0.2, 0) is 11.3 Å². The molecule has 23 heavy (non-hydrogen) atoms. The maximum Gasteiger partial charge on any atom is 0.243 e. The van der Waals surface area contributed by atoms with Gasteiger partial charge in [-0.25, -0.2) is 9.97 Å². The summed E-state index contributed by atoms with van der Waals surface area (Å²) in [6.45, 7) is 1.32. The molecule has 4 heterocycles. The van der Waals surface area contributed by atoms with Crippen LogP contribution in [0.1, 0.15) is 18.4 Å². The lowest BCUT2D eigenvalue weighted by Crippen LogP contribution is -2.43. The van der Waals surface area contributed by atoms with Crippen molar-refractivity contribution in [3.8, 4) is 0 Å². The molecule has 3 aromatic heterocycles.